The molecule has 0 spiro atoms. The lowest BCUT2D eigenvalue weighted by Gasteiger charge is -2.29. The van der Waals surface area contributed by atoms with Crippen molar-refractivity contribution < 1.29 is 32.0 Å². The van der Waals surface area contributed by atoms with E-state index in [2.05, 4.69) is 15.1 Å². The number of rotatable bonds is 8. The molecule has 1 saturated heterocycles. The molecule has 3 heterocycles. The molecule has 0 aliphatic carbocycles. The van der Waals surface area contributed by atoms with Gasteiger partial charge in [0, 0.05) is 18.8 Å². The minimum Gasteiger partial charge on any atom is -0.453 e. The lowest BCUT2D eigenvalue weighted by molar-refractivity contribution is -0.154. The largest absolute Gasteiger partial charge is 0.453 e. The molecule has 1 amide bonds. The molecule has 0 bridgehead atoms. The van der Waals surface area contributed by atoms with E-state index >= 15 is 0 Å². The van der Waals surface area contributed by atoms with Gasteiger partial charge in [-0.2, -0.15) is 4.98 Å². The highest BCUT2D eigenvalue weighted by Gasteiger charge is 2.40. The maximum Gasteiger partial charge on any atom is 0.293 e. The third kappa shape index (κ3) is 4.76. The number of amides is 1. The van der Waals surface area contributed by atoms with Gasteiger partial charge in [0.2, 0.25) is 11.7 Å². The van der Waals surface area contributed by atoms with Gasteiger partial charge in [-0.05, 0) is 43.0 Å². The average Bonchev–Trinajstić information content (AvgIpc) is 3.51. The summed E-state index contributed by atoms with van der Waals surface area (Å²) in [6.45, 7) is 0.358. The summed E-state index contributed by atoms with van der Waals surface area (Å²) in [4.78, 5) is 34.2. The summed E-state index contributed by atoms with van der Waals surface area (Å²) in [7, 11) is 0. The van der Waals surface area contributed by atoms with Crippen molar-refractivity contribution in [2.45, 2.75) is 37.5 Å². The summed E-state index contributed by atoms with van der Waals surface area (Å²) < 4.78 is 51.1. The van der Waals surface area contributed by atoms with E-state index < -0.39 is 41.5 Å². The Morgan fingerprint density at radius 2 is 2.06 bits per heavy atom. The van der Waals surface area contributed by atoms with Crippen molar-refractivity contribution in [1.82, 2.24) is 20.0 Å². The number of carbonyl (C=O) groups excluding carboxylic acids is 2. The number of nitrogens with zero attached hydrogens (tertiary/aromatic N) is 4. The van der Waals surface area contributed by atoms with Crippen LogP contribution >= 0.6 is 0 Å². The summed E-state index contributed by atoms with van der Waals surface area (Å²) in [5, 5.41) is 3.92. The molecule has 4 rings (SSSR count). The summed E-state index contributed by atoms with van der Waals surface area (Å²) in [6, 6.07) is 4.43. The summed E-state index contributed by atoms with van der Waals surface area (Å²) >= 11 is 0. The molecule has 1 aliphatic rings. The van der Waals surface area contributed by atoms with Crippen molar-refractivity contribution in [1.29, 1.82) is 0 Å². The molecular weight excluding hydrogens is 455 g/mol. The van der Waals surface area contributed by atoms with Crippen LogP contribution in [0, 0.1) is 17.5 Å². The number of ether oxygens (including phenoxy) is 1. The van der Waals surface area contributed by atoms with Crippen LogP contribution in [0.3, 0.4) is 0 Å². The number of likely N-dealkylation sites (tertiary alicyclic amines) is 1. The normalized spacial score (nSPS) is 17.4. The third-order valence-corrected chi connectivity index (χ3v) is 5.54. The predicted molar refractivity (Wildman–Crippen MR) is 110 cm³/mol. The average molecular weight is 475 g/mol. The number of aromatic nitrogens is 3. The SMILES string of the molecule is N[C@H](Cc1cc(F)c(F)cc1F)C(OC=O)C(=O)N1CCC[C@H]1c1nc(-c2ccccn2)no1. The first kappa shape index (κ1) is 23.4. The van der Waals surface area contributed by atoms with Crippen LogP contribution in [0.25, 0.3) is 11.5 Å². The highest BCUT2D eigenvalue weighted by Crippen LogP contribution is 2.33. The molecule has 34 heavy (non-hydrogen) atoms. The van der Waals surface area contributed by atoms with E-state index in [1.807, 2.05) is 0 Å². The number of hydrogen-bond donors (Lipinski definition) is 1. The van der Waals surface area contributed by atoms with Gasteiger partial charge in [0.15, 0.2) is 17.7 Å². The Morgan fingerprint density at radius 1 is 1.26 bits per heavy atom. The standard InChI is InChI=1S/C22H20F3N5O4/c23-13-10-15(25)14(24)8-12(13)9-16(26)19(33-11-31)22(32)30-7-3-5-18(30)21-28-20(29-34-21)17-4-1-2-6-27-17/h1-2,4,6,8,10-11,16,18-19H,3,5,7,9,26H2/t16-,18+,19?/m1/s1. The zero-order valence-corrected chi connectivity index (χ0v) is 17.7. The van der Waals surface area contributed by atoms with Crippen LogP contribution in [0.5, 0.6) is 0 Å². The van der Waals surface area contributed by atoms with Gasteiger partial charge in [-0.25, -0.2) is 13.2 Å². The van der Waals surface area contributed by atoms with Gasteiger partial charge in [0.1, 0.15) is 17.6 Å². The van der Waals surface area contributed by atoms with Crippen LogP contribution in [-0.2, 0) is 20.7 Å². The Bertz CT molecular complexity index is 1180. The second-order valence-electron chi connectivity index (χ2n) is 7.74. The minimum absolute atomic E-state index is 0.0565. The van der Waals surface area contributed by atoms with E-state index in [4.69, 9.17) is 15.0 Å². The first-order valence-corrected chi connectivity index (χ1v) is 10.4. The Kier molecular flexibility index (Phi) is 6.87. The Morgan fingerprint density at radius 3 is 2.79 bits per heavy atom. The van der Waals surface area contributed by atoms with E-state index in [1.54, 1.807) is 24.4 Å². The molecule has 1 aliphatic heterocycles. The Hall–Kier alpha value is -3.80. The maximum atomic E-state index is 14.1. The molecule has 3 aromatic rings. The number of hydrogen-bond acceptors (Lipinski definition) is 8. The smallest absolute Gasteiger partial charge is 0.293 e. The highest BCUT2D eigenvalue weighted by molar-refractivity contribution is 5.83. The molecule has 2 N–H and O–H groups in total. The first-order chi connectivity index (χ1) is 16.4. The van der Waals surface area contributed by atoms with Crippen LogP contribution < -0.4 is 5.73 Å². The van der Waals surface area contributed by atoms with Crippen molar-refractivity contribution in [2.75, 3.05) is 6.54 Å². The zero-order chi connectivity index (χ0) is 24.2. The van der Waals surface area contributed by atoms with Gasteiger partial charge >= 0.3 is 0 Å². The molecule has 12 heteroatoms. The Labute approximate surface area is 191 Å². The fraction of sp³-hybridized carbons (Fsp3) is 0.318. The van der Waals surface area contributed by atoms with E-state index in [0.29, 0.717) is 37.2 Å². The van der Waals surface area contributed by atoms with Gasteiger partial charge in [-0.3, -0.25) is 14.6 Å². The van der Waals surface area contributed by atoms with Crippen molar-refractivity contribution in [3.8, 4) is 11.5 Å². The van der Waals surface area contributed by atoms with E-state index in [-0.39, 0.29) is 30.2 Å². The van der Waals surface area contributed by atoms with Gasteiger partial charge in [-0.15, -0.1) is 0 Å². The van der Waals surface area contributed by atoms with E-state index in [0.717, 1.165) is 0 Å². The van der Waals surface area contributed by atoms with Gasteiger partial charge in [0.25, 0.3) is 12.4 Å². The van der Waals surface area contributed by atoms with Gasteiger partial charge in [0.05, 0.1) is 6.04 Å². The zero-order valence-electron chi connectivity index (χ0n) is 17.7. The molecule has 1 fully saturated rings. The fourth-order valence-corrected chi connectivity index (χ4v) is 3.90. The lowest BCUT2D eigenvalue weighted by Crippen LogP contribution is -2.50. The summed E-state index contributed by atoms with van der Waals surface area (Å²) in [5.41, 5.74) is 6.29. The van der Waals surface area contributed by atoms with Gasteiger partial charge in [-0.1, -0.05) is 11.2 Å². The molecule has 1 aromatic carbocycles. The highest BCUT2D eigenvalue weighted by atomic mass is 19.2. The van der Waals surface area contributed by atoms with Crippen LogP contribution in [0.4, 0.5) is 13.2 Å². The van der Waals surface area contributed by atoms with Crippen molar-refractivity contribution in [3.05, 3.63) is 65.4 Å². The van der Waals surface area contributed by atoms with E-state index in [1.165, 1.54) is 4.90 Å². The van der Waals surface area contributed by atoms with E-state index in [9.17, 15) is 22.8 Å². The number of pyridine rings is 1. The maximum absolute atomic E-state index is 14.1. The molecule has 3 atom stereocenters. The van der Waals surface area contributed by atoms with Crippen LogP contribution in [0.1, 0.15) is 30.3 Å². The second-order valence-corrected chi connectivity index (χ2v) is 7.74. The molecule has 0 saturated carbocycles. The van der Waals surface area contributed by atoms with Crippen molar-refractivity contribution in [3.63, 3.8) is 0 Å². The monoisotopic (exact) mass is 475 g/mol. The molecule has 0 radical (unpaired) electrons. The molecular formula is C22H20F3N5O4. The van der Waals surface area contributed by atoms with Crippen molar-refractivity contribution >= 4 is 12.4 Å². The second kappa shape index (κ2) is 10.00. The molecule has 1 unspecified atom stereocenters. The lowest BCUT2D eigenvalue weighted by atomic mass is 10.00. The van der Waals surface area contributed by atoms with Crippen LogP contribution in [-0.4, -0.2) is 51.1 Å². The van der Waals surface area contributed by atoms with Gasteiger partial charge < -0.3 is 19.9 Å². The summed E-state index contributed by atoms with van der Waals surface area (Å²) in [5.74, 6) is -3.86. The van der Waals surface area contributed by atoms with Crippen LogP contribution in [0.15, 0.2) is 41.1 Å². The fourth-order valence-electron chi connectivity index (χ4n) is 3.90. The quantitative estimate of drug-likeness (QED) is 0.389. The third-order valence-electron chi connectivity index (χ3n) is 5.54. The Balaban J connectivity index is 1.53. The topological polar surface area (TPSA) is 124 Å². The predicted octanol–water partition coefficient (Wildman–Crippen LogP) is 2.32. The summed E-state index contributed by atoms with van der Waals surface area (Å²) in [6.07, 6.45) is 0.823. The first-order valence-electron chi connectivity index (χ1n) is 10.4. The number of nitrogens with two attached hydrogens (primary N) is 1. The van der Waals surface area contributed by atoms with Crippen LogP contribution in [0.2, 0.25) is 0 Å². The molecule has 9 nitrogen and oxygen atoms in total. The van der Waals surface area contributed by atoms with Crippen molar-refractivity contribution in [2.24, 2.45) is 5.73 Å². The number of halogens is 3. The molecule has 178 valence electrons. The number of carbonyl (C=O) groups is 2. The molecule has 2 aromatic heterocycles. The minimum atomic E-state index is -1.50. The number of benzene rings is 1.